The van der Waals surface area contributed by atoms with Crippen LogP contribution in [0.1, 0.15) is 43.3 Å². The van der Waals surface area contributed by atoms with Gasteiger partial charge in [-0.25, -0.2) is 14.8 Å². The summed E-state index contributed by atoms with van der Waals surface area (Å²) in [5.41, 5.74) is 17.9. The molecule has 0 bridgehead atoms. The molecule has 4 aromatic heterocycles. The molecule has 59 heavy (non-hydrogen) atoms. The fourth-order valence-corrected chi connectivity index (χ4v) is 6.74. The van der Waals surface area contributed by atoms with Crippen LogP contribution in [-0.4, -0.2) is 41.8 Å². The van der Waals surface area contributed by atoms with Crippen molar-refractivity contribution in [1.29, 1.82) is 0 Å². The number of amides is 1. The first kappa shape index (κ1) is 40.4. The van der Waals surface area contributed by atoms with E-state index < -0.39 is 11.7 Å². The molecule has 0 fully saturated rings. The minimum atomic E-state index is -0.533. The van der Waals surface area contributed by atoms with E-state index in [0.29, 0.717) is 24.5 Å². The van der Waals surface area contributed by atoms with Crippen LogP contribution in [0.25, 0.3) is 66.6 Å². The van der Waals surface area contributed by atoms with E-state index in [0.717, 1.165) is 77.7 Å². The monoisotopic (exact) mass is 782 g/mol. The van der Waals surface area contributed by atoms with Crippen molar-refractivity contribution in [2.45, 2.75) is 52.7 Å². The maximum Gasteiger partial charge on any atom is 0.407 e. The molecule has 0 saturated carbocycles. The fraction of sp³-hybridized carbons (Fsp3) is 0.163. The maximum absolute atomic E-state index is 11.9. The number of carbonyl (C=O) groups excluding carboxylic acids is 1. The van der Waals surface area contributed by atoms with Crippen molar-refractivity contribution < 1.29 is 19.7 Å². The van der Waals surface area contributed by atoms with Gasteiger partial charge in [0.05, 0.1) is 47.0 Å². The number of ether oxygens (including phenoxy) is 1. The van der Waals surface area contributed by atoms with E-state index in [1.807, 2.05) is 124 Å². The molecule has 0 aliphatic heterocycles. The molecule has 0 atom stereocenters. The van der Waals surface area contributed by atoms with Crippen LogP contribution < -0.4 is 11.1 Å². The second-order valence-corrected chi connectivity index (χ2v) is 14.9. The summed E-state index contributed by atoms with van der Waals surface area (Å²) < 4.78 is 5.29. The molecule has 0 saturated heterocycles. The first-order valence-electron chi connectivity index (χ1n) is 19.4. The van der Waals surface area contributed by atoms with Crippen molar-refractivity contribution in [3.63, 3.8) is 0 Å². The number of carbonyl (C=O) groups is 1. The summed E-state index contributed by atoms with van der Waals surface area (Å²) in [5.74, 6) is 0. The number of fused-ring (bicyclic) bond motifs is 2. The van der Waals surface area contributed by atoms with Crippen molar-refractivity contribution in [3.05, 3.63) is 168 Å². The SMILES string of the molecule is CC(C)(C)OC(=O)NCc1ccc(-c2nc3ccnc(CO)c3cc2-c2ccccc2)cc1.NCc1ccc(-c2nc3ccnc(CO)c3cc2-c2ccccc2)cc1. The van der Waals surface area contributed by atoms with E-state index >= 15 is 0 Å². The van der Waals surface area contributed by atoms with Crippen LogP contribution in [0.15, 0.2) is 146 Å². The van der Waals surface area contributed by atoms with Gasteiger partial charge in [-0.15, -0.1) is 0 Å². The lowest BCUT2D eigenvalue weighted by atomic mass is 9.96. The van der Waals surface area contributed by atoms with Gasteiger partial charge < -0.3 is 26.0 Å². The highest BCUT2D eigenvalue weighted by atomic mass is 16.6. The Morgan fingerprint density at radius 2 is 1.05 bits per heavy atom. The minimum Gasteiger partial charge on any atom is -0.444 e. The smallest absolute Gasteiger partial charge is 0.407 e. The third-order valence-corrected chi connectivity index (χ3v) is 9.65. The molecule has 0 aliphatic carbocycles. The Bertz CT molecular complexity index is 2680. The van der Waals surface area contributed by atoms with Gasteiger partial charge in [-0.05, 0) is 67.3 Å². The third kappa shape index (κ3) is 9.65. The van der Waals surface area contributed by atoms with Gasteiger partial charge in [0, 0.05) is 58.5 Å². The molecule has 1 amide bonds. The highest BCUT2D eigenvalue weighted by Gasteiger charge is 2.17. The number of hydrogen-bond donors (Lipinski definition) is 4. The molecule has 8 rings (SSSR count). The van der Waals surface area contributed by atoms with Gasteiger partial charge in [0.25, 0.3) is 0 Å². The molecule has 8 aromatic rings. The number of nitrogens with one attached hydrogen (secondary N) is 1. The summed E-state index contributed by atoms with van der Waals surface area (Å²) in [5, 5.41) is 23.9. The van der Waals surface area contributed by atoms with Gasteiger partial charge in [0.2, 0.25) is 0 Å². The number of aromatic nitrogens is 4. The van der Waals surface area contributed by atoms with Crippen LogP contribution in [0.3, 0.4) is 0 Å². The zero-order valence-electron chi connectivity index (χ0n) is 33.3. The van der Waals surface area contributed by atoms with Gasteiger partial charge in [0.1, 0.15) is 5.60 Å². The van der Waals surface area contributed by atoms with Crippen molar-refractivity contribution in [2.24, 2.45) is 5.73 Å². The maximum atomic E-state index is 11.9. The van der Waals surface area contributed by atoms with Crippen molar-refractivity contribution in [3.8, 4) is 44.8 Å². The molecule has 0 radical (unpaired) electrons. The lowest BCUT2D eigenvalue weighted by molar-refractivity contribution is 0.0523. The van der Waals surface area contributed by atoms with Gasteiger partial charge in [-0.1, -0.05) is 109 Å². The first-order valence-corrected chi connectivity index (χ1v) is 19.4. The Labute approximate surface area is 343 Å². The Balaban J connectivity index is 0.000000184. The molecule has 5 N–H and O–H groups in total. The number of benzene rings is 4. The van der Waals surface area contributed by atoms with Crippen LogP contribution in [0.4, 0.5) is 4.79 Å². The number of nitrogens with two attached hydrogens (primary N) is 1. The zero-order valence-corrected chi connectivity index (χ0v) is 33.3. The molecule has 0 aliphatic rings. The number of alkyl carbamates (subject to hydrolysis) is 1. The fourth-order valence-electron chi connectivity index (χ4n) is 6.74. The standard InChI is InChI=1S/C27H27N3O3.C22H19N3O/c1-27(2,3)33-26(32)29-16-18-9-11-20(12-10-18)25-21(19-7-5-4-6-8-19)15-22-23(30-25)13-14-28-24(22)17-31;23-13-15-6-8-17(9-7-15)22-18(16-4-2-1-3-5-16)12-19-20(25-22)10-11-24-21(19)14-26/h4-15,31H,16-17H2,1-3H3,(H,29,32);1-12,26H,13-14,23H2. The Morgan fingerprint density at radius 1 is 0.610 bits per heavy atom. The van der Waals surface area contributed by atoms with Crippen LogP contribution in [0, 0.1) is 0 Å². The van der Waals surface area contributed by atoms with Gasteiger partial charge in [-0.2, -0.15) is 0 Å². The highest BCUT2D eigenvalue weighted by molar-refractivity contribution is 5.94. The predicted molar refractivity (Wildman–Crippen MR) is 234 cm³/mol. The normalized spacial score (nSPS) is 11.2. The molecule has 4 heterocycles. The molecule has 4 aromatic carbocycles. The first-order chi connectivity index (χ1) is 28.6. The van der Waals surface area contributed by atoms with Crippen molar-refractivity contribution >= 4 is 27.9 Å². The summed E-state index contributed by atoms with van der Waals surface area (Å²) in [7, 11) is 0. The molecule has 10 heteroatoms. The van der Waals surface area contributed by atoms with Crippen LogP contribution >= 0.6 is 0 Å². The van der Waals surface area contributed by atoms with Gasteiger partial charge in [0.15, 0.2) is 0 Å². The van der Waals surface area contributed by atoms with Crippen LogP contribution in [0.2, 0.25) is 0 Å². The van der Waals surface area contributed by atoms with E-state index in [1.165, 1.54) is 0 Å². The van der Waals surface area contributed by atoms with E-state index in [1.54, 1.807) is 12.4 Å². The summed E-state index contributed by atoms with van der Waals surface area (Å²) in [4.78, 5) is 30.3. The average molecular weight is 783 g/mol. The second kappa shape index (κ2) is 18.2. The summed E-state index contributed by atoms with van der Waals surface area (Å²) in [6.45, 7) is 6.13. The number of aliphatic hydroxyl groups is 2. The van der Waals surface area contributed by atoms with Crippen LogP contribution in [0.5, 0.6) is 0 Å². The Kier molecular flexibility index (Phi) is 12.4. The average Bonchev–Trinajstić information content (AvgIpc) is 3.27. The highest BCUT2D eigenvalue weighted by Crippen LogP contribution is 2.36. The Hall–Kier alpha value is -6.85. The molecule has 296 valence electrons. The molecular formula is C49H46N6O4. The lowest BCUT2D eigenvalue weighted by Gasteiger charge is -2.19. The molecular weight excluding hydrogens is 737 g/mol. The van der Waals surface area contributed by atoms with E-state index in [9.17, 15) is 15.0 Å². The molecule has 0 unspecified atom stereocenters. The minimum absolute atomic E-state index is 0.113. The number of hydrogen-bond acceptors (Lipinski definition) is 9. The summed E-state index contributed by atoms with van der Waals surface area (Å²) in [6, 6.07) is 44.1. The quantitative estimate of drug-likeness (QED) is 0.112. The zero-order chi connectivity index (χ0) is 41.4. The van der Waals surface area contributed by atoms with Crippen molar-refractivity contribution in [1.82, 2.24) is 25.3 Å². The van der Waals surface area contributed by atoms with E-state index in [2.05, 4.69) is 45.6 Å². The largest absolute Gasteiger partial charge is 0.444 e. The number of pyridine rings is 4. The number of rotatable bonds is 9. The number of aliphatic hydroxyl groups excluding tert-OH is 2. The lowest BCUT2D eigenvalue weighted by Crippen LogP contribution is -2.32. The van der Waals surface area contributed by atoms with E-state index in [4.69, 9.17) is 20.4 Å². The molecule has 0 spiro atoms. The number of nitrogens with zero attached hydrogens (tertiary/aromatic N) is 4. The second-order valence-electron chi connectivity index (χ2n) is 14.9. The van der Waals surface area contributed by atoms with Gasteiger partial charge >= 0.3 is 6.09 Å². The predicted octanol–water partition coefficient (Wildman–Crippen LogP) is 9.40. The van der Waals surface area contributed by atoms with Crippen LogP contribution in [-0.2, 0) is 31.0 Å². The van der Waals surface area contributed by atoms with Gasteiger partial charge in [-0.3, -0.25) is 9.97 Å². The van der Waals surface area contributed by atoms with Crippen molar-refractivity contribution in [2.75, 3.05) is 0 Å². The summed E-state index contributed by atoms with van der Waals surface area (Å²) >= 11 is 0. The summed E-state index contributed by atoms with van der Waals surface area (Å²) in [6.07, 6.45) is 2.91. The third-order valence-electron chi connectivity index (χ3n) is 9.65. The molecule has 10 nitrogen and oxygen atoms in total. The topological polar surface area (TPSA) is 156 Å². The Morgan fingerprint density at radius 3 is 1.46 bits per heavy atom. The van der Waals surface area contributed by atoms with E-state index in [-0.39, 0.29) is 13.2 Å².